The lowest BCUT2D eigenvalue weighted by molar-refractivity contribution is -0.132. The first kappa shape index (κ1) is 22.7. The lowest BCUT2D eigenvalue weighted by Gasteiger charge is -2.33. The molecule has 0 aliphatic carbocycles. The molecule has 0 saturated heterocycles. The highest BCUT2D eigenvalue weighted by atomic mass is 35.5. The second-order valence-electron chi connectivity index (χ2n) is 7.69. The molecule has 1 heterocycles. The molecule has 2 N–H and O–H groups in total. The number of hydrogen-bond acceptors (Lipinski definition) is 4. The van der Waals surface area contributed by atoms with E-state index in [0.29, 0.717) is 27.1 Å². The van der Waals surface area contributed by atoms with Gasteiger partial charge in [0.2, 0.25) is 5.91 Å². The highest BCUT2D eigenvalue weighted by molar-refractivity contribution is 6.35. The number of amides is 1. The number of fused-ring (bicyclic) bond motifs is 1. The molecule has 1 atom stereocenters. The average molecular weight is 464 g/mol. The van der Waals surface area contributed by atoms with Crippen LogP contribution in [-0.2, 0) is 11.3 Å². The number of nitrogens with one attached hydrogen (secondary N) is 1. The van der Waals surface area contributed by atoms with E-state index in [-0.39, 0.29) is 24.7 Å². The van der Waals surface area contributed by atoms with Gasteiger partial charge in [-0.3, -0.25) is 9.78 Å². The van der Waals surface area contributed by atoms with Gasteiger partial charge in [-0.25, -0.2) is 4.39 Å². The molecule has 0 aliphatic rings. The molecule has 1 unspecified atom stereocenters. The number of halogens is 2. The molecule has 5 nitrogen and oxygen atoms in total. The fourth-order valence-electron chi connectivity index (χ4n) is 3.97. The van der Waals surface area contributed by atoms with Crippen molar-refractivity contribution in [2.45, 2.75) is 12.6 Å². The quantitative estimate of drug-likeness (QED) is 0.401. The molecule has 0 saturated carbocycles. The minimum atomic E-state index is -0.800. The standard InChI is InChI=1S/C26H23ClFN3O2/c1-29-15-23(32)31(16-17-7-3-2-4-8-17)25(18-9-5-10-19(28)13-18)21-14-22(27)20-11-6-12-30-24(20)26(21)33/h2-14,25,29,33H,15-16H2,1H3. The summed E-state index contributed by atoms with van der Waals surface area (Å²) in [6.45, 7) is 0.318. The molecule has 168 valence electrons. The first-order chi connectivity index (χ1) is 16.0. The zero-order valence-corrected chi connectivity index (χ0v) is 18.8. The number of pyridine rings is 1. The predicted octanol–water partition coefficient (Wildman–Crippen LogP) is 5.07. The third-order valence-corrected chi connectivity index (χ3v) is 5.77. The predicted molar refractivity (Wildman–Crippen MR) is 128 cm³/mol. The summed E-state index contributed by atoms with van der Waals surface area (Å²) in [5, 5.41) is 15.1. The van der Waals surface area contributed by atoms with Crippen molar-refractivity contribution in [3.63, 3.8) is 0 Å². The fourth-order valence-corrected chi connectivity index (χ4v) is 4.24. The van der Waals surface area contributed by atoms with Crippen LogP contribution in [0.1, 0.15) is 22.7 Å². The summed E-state index contributed by atoms with van der Waals surface area (Å²) in [5.41, 5.74) is 2.10. The van der Waals surface area contributed by atoms with Gasteiger partial charge < -0.3 is 15.3 Å². The van der Waals surface area contributed by atoms with Crippen LogP contribution in [0.15, 0.2) is 79.0 Å². The van der Waals surface area contributed by atoms with Crippen molar-refractivity contribution in [1.29, 1.82) is 0 Å². The largest absolute Gasteiger partial charge is 0.505 e. The van der Waals surface area contributed by atoms with Crippen LogP contribution in [-0.4, -0.2) is 34.5 Å². The number of phenolic OH excluding ortho intramolecular Hbond substituents is 1. The maximum absolute atomic E-state index is 14.3. The number of carbonyl (C=O) groups is 1. The number of benzene rings is 3. The second kappa shape index (κ2) is 9.98. The number of nitrogens with zero attached hydrogens (tertiary/aromatic N) is 2. The van der Waals surface area contributed by atoms with Crippen LogP contribution >= 0.6 is 11.6 Å². The lowest BCUT2D eigenvalue weighted by atomic mass is 9.94. The summed E-state index contributed by atoms with van der Waals surface area (Å²) >= 11 is 6.56. The number of likely N-dealkylation sites (N-methyl/N-ethyl adjacent to an activating group) is 1. The van der Waals surface area contributed by atoms with E-state index in [4.69, 9.17) is 11.6 Å². The SMILES string of the molecule is CNCC(=O)N(Cc1ccccc1)C(c1cccc(F)c1)c1cc(Cl)c2cccnc2c1O. The van der Waals surface area contributed by atoms with Gasteiger partial charge in [0.15, 0.2) is 0 Å². The smallest absolute Gasteiger partial charge is 0.237 e. The van der Waals surface area contributed by atoms with E-state index < -0.39 is 11.9 Å². The monoisotopic (exact) mass is 463 g/mol. The highest BCUT2D eigenvalue weighted by Gasteiger charge is 2.30. The van der Waals surface area contributed by atoms with Crippen molar-refractivity contribution in [3.05, 3.63) is 107 Å². The van der Waals surface area contributed by atoms with Crippen LogP contribution < -0.4 is 5.32 Å². The molecule has 0 spiro atoms. The van der Waals surface area contributed by atoms with Crippen molar-refractivity contribution >= 4 is 28.4 Å². The summed E-state index contributed by atoms with van der Waals surface area (Å²) in [4.78, 5) is 19.2. The van der Waals surface area contributed by atoms with Gasteiger partial charge >= 0.3 is 0 Å². The Morgan fingerprint density at radius 3 is 2.64 bits per heavy atom. The Kier molecular flexibility index (Phi) is 6.87. The van der Waals surface area contributed by atoms with E-state index in [9.17, 15) is 14.3 Å². The molecular formula is C26H23ClFN3O2. The third-order valence-electron chi connectivity index (χ3n) is 5.46. The molecule has 0 fully saturated rings. The van der Waals surface area contributed by atoms with Crippen molar-refractivity contribution in [2.24, 2.45) is 0 Å². The number of phenols is 1. The molecule has 7 heteroatoms. The molecule has 0 aliphatic heterocycles. The van der Waals surface area contributed by atoms with Gasteiger partial charge in [-0.1, -0.05) is 54.1 Å². The van der Waals surface area contributed by atoms with Crippen LogP contribution in [0.2, 0.25) is 5.02 Å². The normalized spacial score (nSPS) is 12.0. The molecule has 0 bridgehead atoms. The Labute approximate surface area is 196 Å². The summed E-state index contributed by atoms with van der Waals surface area (Å²) in [5.74, 6) is -0.755. The minimum Gasteiger partial charge on any atom is -0.505 e. The van der Waals surface area contributed by atoms with Crippen LogP contribution in [0, 0.1) is 5.82 Å². The fraction of sp³-hybridized carbons (Fsp3) is 0.154. The average Bonchev–Trinajstić information content (AvgIpc) is 2.82. The maximum atomic E-state index is 14.3. The van der Waals surface area contributed by atoms with Crippen LogP contribution in [0.4, 0.5) is 4.39 Å². The minimum absolute atomic E-state index is 0.0684. The van der Waals surface area contributed by atoms with Gasteiger partial charge in [0, 0.05) is 23.7 Å². The molecular weight excluding hydrogens is 441 g/mol. The first-order valence-corrected chi connectivity index (χ1v) is 10.9. The number of aromatic nitrogens is 1. The Morgan fingerprint density at radius 2 is 1.91 bits per heavy atom. The van der Waals surface area contributed by atoms with Gasteiger partial charge in [0.05, 0.1) is 17.6 Å². The summed E-state index contributed by atoms with van der Waals surface area (Å²) in [6.07, 6.45) is 1.56. The molecule has 1 amide bonds. The maximum Gasteiger partial charge on any atom is 0.237 e. The number of rotatable bonds is 7. The zero-order chi connectivity index (χ0) is 23.4. The van der Waals surface area contributed by atoms with E-state index in [1.807, 2.05) is 30.3 Å². The van der Waals surface area contributed by atoms with E-state index in [1.54, 1.807) is 48.5 Å². The van der Waals surface area contributed by atoms with Gasteiger partial charge in [0.1, 0.15) is 17.1 Å². The van der Waals surface area contributed by atoms with E-state index in [2.05, 4.69) is 10.3 Å². The number of carbonyl (C=O) groups excluding carboxylic acids is 1. The molecule has 3 aromatic carbocycles. The molecule has 0 radical (unpaired) electrons. The van der Waals surface area contributed by atoms with Gasteiger partial charge in [-0.05, 0) is 48.5 Å². The van der Waals surface area contributed by atoms with Crippen LogP contribution in [0.3, 0.4) is 0 Å². The van der Waals surface area contributed by atoms with E-state index in [1.165, 1.54) is 12.1 Å². The Hall–Kier alpha value is -3.48. The Bertz CT molecular complexity index is 1280. The number of aromatic hydroxyl groups is 1. The van der Waals surface area contributed by atoms with Gasteiger partial charge in [-0.15, -0.1) is 0 Å². The molecule has 33 heavy (non-hydrogen) atoms. The van der Waals surface area contributed by atoms with Crippen LogP contribution in [0.25, 0.3) is 10.9 Å². The summed E-state index contributed by atoms with van der Waals surface area (Å²) in [6, 6.07) is 19.8. The Balaban J connectivity index is 1.95. The third kappa shape index (κ3) is 4.82. The highest BCUT2D eigenvalue weighted by Crippen LogP contribution is 2.41. The second-order valence-corrected chi connectivity index (χ2v) is 8.10. The molecule has 4 aromatic rings. The van der Waals surface area contributed by atoms with Crippen molar-refractivity contribution < 1.29 is 14.3 Å². The first-order valence-electron chi connectivity index (χ1n) is 10.5. The van der Waals surface area contributed by atoms with E-state index >= 15 is 0 Å². The lowest BCUT2D eigenvalue weighted by Crippen LogP contribution is -2.40. The summed E-state index contributed by atoms with van der Waals surface area (Å²) < 4.78 is 14.3. The number of hydrogen-bond donors (Lipinski definition) is 2. The molecule has 4 rings (SSSR count). The zero-order valence-electron chi connectivity index (χ0n) is 18.0. The van der Waals surface area contributed by atoms with Crippen LogP contribution in [0.5, 0.6) is 5.75 Å². The topological polar surface area (TPSA) is 65.5 Å². The Morgan fingerprint density at radius 1 is 1.12 bits per heavy atom. The van der Waals surface area contributed by atoms with Crippen molar-refractivity contribution in [2.75, 3.05) is 13.6 Å². The molecule has 1 aromatic heterocycles. The summed E-state index contributed by atoms with van der Waals surface area (Å²) in [7, 11) is 1.68. The van der Waals surface area contributed by atoms with Crippen molar-refractivity contribution in [1.82, 2.24) is 15.2 Å². The van der Waals surface area contributed by atoms with E-state index in [0.717, 1.165) is 5.56 Å². The van der Waals surface area contributed by atoms with Gasteiger partial charge in [-0.2, -0.15) is 0 Å². The van der Waals surface area contributed by atoms with Crippen molar-refractivity contribution in [3.8, 4) is 5.75 Å². The van der Waals surface area contributed by atoms with Gasteiger partial charge in [0.25, 0.3) is 0 Å².